The van der Waals surface area contributed by atoms with Gasteiger partial charge < -0.3 is 5.73 Å². The Hall–Kier alpha value is 0.240. The van der Waals surface area contributed by atoms with Crippen molar-refractivity contribution >= 4 is 34.5 Å². The van der Waals surface area contributed by atoms with Gasteiger partial charge in [-0.1, -0.05) is 50.9 Å². The van der Waals surface area contributed by atoms with Gasteiger partial charge in [-0.3, -0.25) is 0 Å². The van der Waals surface area contributed by atoms with Crippen molar-refractivity contribution < 1.29 is 0 Å². The molecule has 0 saturated heterocycles. The standard InChI is InChI=1S/C13H21Cl2NS/c1-8(7-13(2,3)4)5-10(16)9-6-11(14)17-12(9)15/h6,8,10H,5,7,16H2,1-4H3. The van der Waals surface area contributed by atoms with Crippen molar-refractivity contribution in [1.29, 1.82) is 0 Å². The van der Waals surface area contributed by atoms with E-state index in [1.165, 1.54) is 11.3 Å². The fourth-order valence-corrected chi connectivity index (χ4v) is 3.89. The minimum atomic E-state index is -0.0106. The first-order chi connectivity index (χ1) is 7.69. The first-order valence-electron chi connectivity index (χ1n) is 5.89. The highest BCUT2D eigenvalue weighted by Crippen LogP contribution is 2.37. The smallest absolute Gasteiger partial charge is 0.0991 e. The maximum atomic E-state index is 6.19. The molecule has 0 spiro atoms. The van der Waals surface area contributed by atoms with Crippen LogP contribution in [0, 0.1) is 11.3 Å². The van der Waals surface area contributed by atoms with Crippen LogP contribution >= 0.6 is 34.5 Å². The molecule has 1 aromatic rings. The number of hydrogen-bond acceptors (Lipinski definition) is 2. The van der Waals surface area contributed by atoms with Gasteiger partial charge in [0.15, 0.2) is 0 Å². The van der Waals surface area contributed by atoms with Crippen molar-refractivity contribution in [2.45, 2.75) is 46.6 Å². The van der Waals surface area contributed by atoms with Crippen molar-refractivity contribution in [2.24, 2.45) is 17.1 Å². The third-order valence-corrected chi connectivity index (χ3v) is 4.22. The molecule has 2 N–H and O–H groups in total. The zero-order chi connectivity index (χ0) is 13.2. The van der Waals surface area contributed by atoms with Crippen LogP contribution in [0.25, 0.3) is 0 Å². The van der Waals surface area contributed by atoms with E-state index in [1.54, 1.807) is 0 Å². The molecule has 0 saturated carbocycles. The summed E-state index contributed by atoms with van der Waals surface area (Å²) >= 11 is 13.4. The van der Waals surface area contributed by atoms with Gasteiger partial charge in [-0.25, -0.2) is 0 Å². The Balaban J connectivity index is 2.60. The lowest BCUT2D eigenvalue weighted by molar-refractivity contribution is 0.286. The second kappa shape index (κ2) is 5.92. The van der Waals surface area contributed by atoms with Crippen molar-refractivity contribution in [1.82, 2.24) is 0 Å². The van der Waals surface area contributed by atoms with Gasteiger partial charge in [0.1, 0.15) is 0 Å². The molecule has 0 aliphatic carbocycles. The highest BCUT2D eigenvalue weighted by molar-refractivity contribution is 7.20. The summed E-state index contributed by atoms with van der Waals surface area (Å²) < 4.78 is 1.44. The van der Waals surface area contributed by atoms with Crippen LogP contribution in [0.2, 0.25) is 8.67 Å². The monoisotopic (exact) mass is 293 g/mol. The van der Waals surface area contributed by atoms with Crippen molar-refractivity contribution in [3.63, 3.8) is 0 Å². The number of rotatable bonds is 4. The zero-order valence-electron chi connectivity index (χ0n) is 10.9. The Kier molecular flexibility index (Phi) is 5.33. The predicted molar refractivity (Wildman–Crippen MR) is 79.1 cm³/mol. The molecule has 1 heterocycles. The number of thiophene rings is 1. The van der Waals surface area contributed by atoms with Crippen LogP contribution in [0.3, 0.4) is 0 Å². The van der Waals surface area contributed by atoms with E-state index >= 15 is 0 Å². The van der Waals surface area contributed by atoms with Crippen LogP contribution in [0.15, 0.2) is 6.07 Å². The number of hydrogen-bond donors (Lipinski definition) is 1. The third-order valence-electron chi connectivity index (χ3n) is 2.70. The van der Waals surface area contributed by atoms with E-state index in [1.807, 2.05) is 6.07 Å². The summed E-state index contributed by atoms with van der Waals surface area (Å²) in [5, 5.41) is 0. The molecule has 0 bridgehead atoms. The number of halogens is 2. The molecule has 0 radical (unpaired) electrons. The molecule has 98 valence electrons. The van der Waals surface area contributed by atoms with E-state index < -0.39 is 0 Å². The summed E-state index contributed by atoms with van der Waals surface area (Å²) in [6, 6.07) is 1.88. The van der Waals surface area contributed by atoms with Crippen LogP contribution in [-0.2, 0) is 0 Å². The van der Waals surface area contributed by atoms with Crippen LogP contribution in [0.5, 0.6) is 0 Å². The Morgan fingerprint density at radius 2 is 1.94 bits per heavy atom. The second-order valence-corrected chi connectivity index (χ2v) is 8.28. The highest BCUT2D eigenvalue weighted by Gasteiger charge is 2.20. The maximum Gasteiger partial charge on any atom is 0.0991 e. The Morgan fingerprint density at radius 1 is 1.35 bits per heavy atom. The highest BCUT2D eigenvalue weighted by atomic mass is 35.5. The molecular weight excluding hydrogens is 273 g/mol. The maximum absolute atomic E-state index is 6.19. The molecule has 4 heteroatoms. The second-order valence-electron chi connectivity index (χ2n) is 5.99. The van der Waals surface area contributed by atoms with E-state index in [0.29, 0.717) is 15.7 Å². The lowest BCUT2D eigenvalue weighted by Crippen LogP contribution is -2.17. The molecule has 0 fully saturated rings. The summed E-state index contributed by atoms with van der Waals surface area (Å²) in [4.78, 5) is 0. The summed E-state index contributed by atoms with van der Waals surface area (Å²) in [6.45, 7) is 9.00. The summed E-state index contributed by atoms with van der Waals surface area (Å²) in [5.41, 5.74) is 7.52. The van der Waals surface area contributed by atoms with E-state index in [9.17, 15) is 0 Å². The minimum absolute atomic E-state index is 0.0106. The van der Waals surface area contributed by atoms with Gasteiger partial charge in [0.05, 0.1) is 8.67 Å². The van der Waals surface area contributed by atoms with Gasteiger partial charge in [0.25, 0.3) is 0 Å². The van der Waals surface area contributed by atoms with Crippen LogP contribution in [0.1, 0.15) is 52.1 Å². The van der Waals surface area contributed by atoms with Crippen LogP contribution in [-0.4, -0.2) is 0 Å². The van der Waals surface area contributed by atoms with Gasteiger partial charge in [-0.2, -0.15) is 0 Å². The van der Waals surface area contributed by atoms with E-state index in [4.69, 9.17) is 28.9 Å². The van der Waals surface area contributed by atoms with Crippen molar-refractivity contribution in [2.75, 3.05) is 0 Å². The SMILES string of the molecule is CC(CC(N)c1cc(Cl)sc1Cl)CC(C)(C)C. The van der Waals surface area contributed by atoms with E-state index in [0.717, 1.165) is 22.7 Å². The average molecular weight is 294 g/mol. The molecule has 0 aliphatic rings. The molecule has 0 aromatic carbocycles. The Bertz CT molecular complexity index is 368. The minimum Gasteiger partial charge on any atom is -0.324 e. The average Bonchev–Trinajstić information content (AvgIpc) is 2.41. The van der Waals surface area contributed by atoms with Gasteiger partial charge in [-0.05, 0) is 35.8 Å². The molecule has 1 nitrogen and oxygen atoms in total. The first kappa shape index (κ1) is 15.3. The predicted octanol–water partition coefficient (Wildman–Crippen LogP) is 5.52. The lowest BCUT2D eigenvalue weighted by atomic mass is 9.82. The topological polar surface area (TPSA) is 26.0 Å². The van der Waals surface area contributed by atoms with E-state index in [-0.39, 0.29) is 6.04 Å². The molecule has 0 amide bonds. The van der Waals surface area contributed by atoms with Gasteiger partial charge in [0.2, 0.25) is 0 Å². The van der Waals surface area contributed by atoms with Crippen molar-refractivity contribution in [3.05, 3.63) is 20.3 Å². The fourth-order valence-electron chi connectivity index (χ4n) is 2.29. The quantitative estimate of drug-likeness (QED) is 0.777. The van der Waals surface area contributed by atoms with Gasteiger partial charge in [0, 0.05) is 6.04 Å². The van der Waals surface area contributed by atoms with Crippen molar-refractivity contribution in [3.8, 4) is 0 Å². The zero-order valence-corrected chi connectivity index (χ0v) is 13.2. The molecule has 0 aliphatic heterocycles. The molecular formula is C13H21Cl2NS. The van der Waals surface area contributed by atoms with Crippen LogP contribution < -0.4 is 5.73 Å². The Morgan fingerprint density at radius 3 is 2.35 bits per heavy atom. The lowest BCUT2D eigenvalue weighted by Gasteiger charge is -2.25. The molecule has 2 unspecified atom stereocenters. The molecule has 1 aromatic heterocycles. The molecule has 2 atom stereocenters. The van der Waals surface area contributed by atoms with Crippen LogP contribution in [0.4, 0.5) is 0 Å². The summed E-state index contributed by atoms with van der Waals surface area (Å²) in [5.74, 6) is 0.583. The summed E-state index contributed by atoms with van der Waals surface area (Å²) in [6.07, 6.45) is 2.11. The molecule has 17 heavy (non-hydrogen) atoms. The number of nitrogens with two attached hydrogens (primary N) is 1. The largest absolute Gasteiger partial charge is 0.324 e. The normalized spacial score (nSPS) is 15.9. The first-order valence-corrected chi connectivity index (χ1v) is 7.46. The summed E-state index contributed by atoms with van der Waals surface area (Å²) in [7, 11) is 0. The third kappa shape index (κ3) is 5.17. The van der Waals surface area contributed by atoms with Gasteiger partial charge in [-0.15, -0.1) is 11.3 Å². The molecule has 1 rings (SSSR count). The Labute approximate surface area is 118 Å². The fraction of sp³-hybridized carbons (Fsp3) is 0.692. The van der Waals surface area contributed by atoms with E-state index in [2.05, 4.69) is 27.7 Å². The van der Waals surface area contributed by atoms with Gasteiger partial charge >= 0.3 is 0 Å².